The van der Waals surface area contributed by atoms with E-state index in [2.05, 4.69) is 10.0 Å². The first kappa shape index (κ1) is 15.0. The van der Waals surface area contributed by atoms with Crippen LogP contribution in [0.25, 0.3) is 0 Å². The van der Waals surface area contributed by atoms with E-state index in [9.17, 15) is 8.42 Å². The Labute approximate surface area is 119 Å². The molecule has 0 aromatic carbocycles. The highest BCUT2D eigenvalue weighted by Crippen LogP contribution is 2.29. The minimum absolute atomic E-state index is 0.459. The lowest BCUT2D eigenvalue weighted by Crippen LogP contribution is -2.41. The highest BCUT2D eigenvalue weighted by molar-refractivity contribution is 7.89. The average molecular weight is 302 g/mol. The van der Waals surface area contributed by atoms with E-state index in [-0.39, 0.29) is 0 Å². The summed E-state index contributed by atoms with van der Waals surface area (Å²) in [4.78, 5) is 1.36. The van der Waals surface area contributed by atoms with Crippen molar-refractivity contribution >= 4 is 21.4 Å². The quantitative estimate of drug-likeness (QED) is 0.878. The van der Waals surface area contributed by atoms with Crippen LogP contribution in [-0.2, 0) is 16.6 Å². The molecule has 2 N–H and O–H groups in total. The Morgan fingerprint density at radius 3 is 2.53 bits per heavy atom. The van der Waals surface area contributed by atoms with Crippen molar-refractivity contribution in [1.29, 1.82) is 0 Å². The summed E-state index contributed by atoms with van der Waals surface area (Å²) in [5.74, 6) is 0. The lowest BCUT2D eigenvalue weighted by atomic mass is 10.1. The van der Waals surface area contributed by atoms with Gasteiger partial charge in [-0.15, -0.1) is 11.3 Å². The van der Waals surface area contributed by atoms with Gasteiger partial charge in [-0.2, -0.15) is 0 Å². The van der Waals surface area contributed by atoms with E-state index in [0.29, 0.717) is 17.5 Å². The van der Waals surface area contributed by atoms with Crippen LogP contribution in [0.15, 0.2) is 10.3 Å². The summed E-state index contributed by atoms with van der Waals surface area (Å²) in [7, 11) is -3.44. The molecule has 1 fully saturated rings. The molecule has 6 heteroatoms. The minimum atomic E-state index is -3.44. The molecule has 1 aliphatic rings. The predicted molar refractivity (Wildman–Crippen MR) is 79.0 cm³/mol. The Kier molecular flexibility index (Phi) is 4.07. The highest BCUT2D eigenvalue weighted by Gasteiger charge is 2.28. The van der Waals surface area contributed by atoms with Gasteiger partial charge < -0.3 is 5.32 Å². The van der Waals surface area contributed by atoms with Gasteiger partial charge in [0.1, 0.15) is 4.90 Å². The molecule has 1 saturated carbocycles. The molecule has 0 atom stereocenters. The molecule has 0 spiro atoms. The summed E-state index contributed by atoms with van der Waals surface area (Å²) in [6, 6.07) is 0.577. The standard InChI is InChI=1S/C13H22N2O2S2/c1-9-8-18-11(7-14-10-5-6-10)12(9)19(16,17)15-13(2,3)4/h8,10,14-15H,5-7H2,1-4H3. The van der Waals surface area contributed by atoms with Crippen molar-refractivity contribution in [2.24, 2.45) is 0 Å². The Morgan fingerprint density at radius 2 is 2.00 bits per heavy atom. The summed E-state index contributed by atoms with van der Waals surface area (Å²) >= 11 is 1.52. The maximum absolute atomic E-state index is 12.5. The summed E-state index contributed by atoms with van der Waals surface area (Å²) in [6.07, 6.45) is 2.40. The van der Waals surface area contributed by atoms with Gasteiger partial charge in [0.2, 0.25) is 10.0 Å². The summed E-state index contributed by atoms with van der Waals surface area (Å²) in [5.41, 5.74) is 0.364. The van der Waals surface area contributed by atoms with Crippen molar-refractivity contribution in [2.45, 2.75) is 63.6 Å². The van der Waals surface area contributed by atoms with E-state index in [4.69, 9.17) is 0 Å². The maximum Gasteiger partial charge on any atom is 0.242 e. The van der Waals surface area contributed by atoms with Gasteiger partial charge in [0.05, 0.1) is 0 Å². The first-order valence-corrected chi connectivity index (χ1v) is 8.90. The van der Waals surface area contributed by atoms with E-state index in [1.165, 1.54) is 24.2 Å². The van der Waals surface area contributed by atoms with Crippen LogP contribution in [0, 0.1) is 6.92 Å². The zero-order valence-electron chi connectivity index (χ0n) is 11.9. The van der Waals surface area contributed by atoms with Crippen LogP contribution in [-0.4, -0.2) is 20.0 Å². The highest BCUT2D eigenvalue weighted by atomic mass is 32.2. The minimum Gasteiger partial charge on any atom is -0.309 e. The molecule has 0 aliphatic heterocycles. The molecule has 0 amide bonds. The number of rotatable bonds is 5. The summed E-state index contributed by atoms with van der Waals surface area (Å²) in [5, 5.41) is 5.30. The number of hydrogen-bond acceptors (Lipinski definition) is 4. The van der Waals surface area contributed by atoms with Crippen LogP contribution in [0.4, 0.5) is 0 Å². The van der Waals surface area contributed by atoms with Gasteiger partial charge >= 0.3 is 0 Å². The van der Waals surface area contributed by atoms with Crippen molar-refractivity contribution in [1.82, 2.24) is 10.0 Å². The molecule has 2 rings (SSSR count). The Morgan fingerprint density at radius 1 is 1.37 bits per heavy atom. The molecular formula is C13H22N2O2S2. The zero-order chi connectivity index (χ0) is 14.3. The number of sulfonamides is 1. The molecule has 19 heavy (non-hydrogen) atoms. The molecule has 0 radical (unpaired) electrons. The number of aryl methyl sites for hydroxylation is 1. The van der Waals surface area contributed by atoms with E-state index in [1.54, 1.807) is 0 Å². The molecule has 1 aromatic heterocycles. The topological polar surface area (TPSA) is 58.2 Å². The molecule has 4 nitrogen and oxygen atoms in total. The van der Waals surface area contributed by atoms with Crippen molar-refractivity contribution < 1.29 is 8.42 Å². The van der Waals surface area contributed by atoms with Crippen LogP contribution in [0.5, 0.6) is 0 Å². The third-order valence-corrected chi connectivity index (χ3v) is 6.05. The normalized spacial score (nSPS) is 16.8. The van der Waals surface area contributed by atoms with Gasteiger partial charge in [0.15, 0.2) is 0 Å². The van der Waals surface area contributed by atoms with E-state index in [0.717, 1.165) is 10.4 Å². The van der Waals surface area contributed by atoms with E-state index in [1.807, 2.05) is 33.1 Å². The van der Waals surface area contributed by atoms with E-state index < -0.39 is 15.6 Å². The summed E-state index contributed by atoms with van der Waals surface area (Å²) < 4.78 is 27.7. The molecule has 108 valence electrons. The third kappa shape index (κ3) is 4.02. The number of hydrogen-bond donors (Lipinski definition) is 2. The second-order valence-electron chi connectivity index (χ2n) is 6.18. The lowest BCUT2D eigenvalue weighted by Gasteiger charge is -2.21. The summed E-state index contributed by atoms with van der Waals surface area (Å²) in [6.45, 7) is 8.06. The molecule has 0 saturated heterocycles. The lowest BCUT2D eigenvalue weighted by molar-refractivity contribution is 0.490. The first-order chi connectivity index (χ1) is 8.69. The first-order valence-electron chi connectivity index (χ1n) is 6.53. The second-order valence-corrected chi connectivity index (χ2v) is 8.77. The van der Waals surface area contributed by atoms with Gasteiger partial charge in [-0.3, -0.25) is 0 Å². The molecule has 1 aromatic rings. The number of thiophene rings is 1. The van der Waals surface area contributed by atoms with Crippen molar-refractivity contribution in [3.63, 3.8) is 0 Å². The fourth-order valence-corrected chi connectivity index (χ4v) is 5.13. The van der Waals surface area contributed by atoms with Gasteiger partial charge in [0, 0.05) is 23.0 Å². The maximum atomic E-state index is 12.5. The molecule has 1 aliphatic carbocycles. The van der Waals surface area contributed by atoms with Gasteiger partial charge in [-0.05, 0) is 51.5 Å². The van der Waals surface area contributed by atoms with Crippen LogP contribution in [0.2, 0.25) is 0 Å². The van der Waals surface area contributed by atoms with Gasteiger partial charge in [-0.25, -0.2) is 13.1 Å². The van der Waals surface area contributed by atoms with Gasteiger partial charge in [0.25, 0.3) is 0 Å². The predicted octanol–water partition coefficient (Wildman–Crippen LogP) is 2.39. The van der Waals surface area contributed by atoms with Crippen LogP contribution in [0.3, 0.4) is 0 Å². The zero-order valence-corrected chi connectivity index (χ0v) is 13.5. The van der Waals surface area contributed by atoms with Crippen molar-refractivity contribution in [3.8, 4) is 0 Å². The smallest absolute Gasteiger partial charge is 0.242 e. The Balaban J connectivity index is 2.24. The Bertz CT molecular complexity index is 552. The number of nitrogens with one attached hydrogen (secondary N) is 2. The third-order valence-electron chi connectivity index (χ3n) is 2.83. The van der Waals surface area contributed by atoms with Crippen LogP contribution in [0.1, 0.15) is 44.1 Å². The van der Waals surface area contributed by atoms with Crippen molar-refractivity contribution in [2.75, 3.05) is 0 Å². The fourth-order valence-electron chi connectivity index (χ4n) is 1.95. The average Bonchev–Trinajstić information content (AvgIpc) is 2.95. The van der Waals surface area contributed by atoms with E-state index >= 15 is 0 Å². The Hall–Kier alpha value is -0.430. The second kappa shape index (κ2) is 5.16. The van der Waals surface area contributed by atoms with Crippen LogP contribution >= 0.6 is 11.3 Å². The van der Waals surface area contributed by atoms with Crippen LogP contribution < -0.4 is 10.0 Å². The SMILES string of the molecule is Cc1csc(CNC2CC2)c1S(=O)(=O)NC(C)(C)C. The monoisotopic (exact) mass is 302 g/mol. The van der Waals surface area contributed by atoms with Crippen molar-refractivity contribution in [3.05, 3.63) is 15.8 Å². The largest absolute Gasteiger partial charge is 0.309 e. The molecule has 0 bridgehead atoms. The molecular weight excluding hydrogens is 280 g/mol. The fraction of sp³-hybridized carbons (Fsp3) is 0.692. The molecule has 0 unspecified atom stereocenters. The van der Waals surface area contributed by atoms with Gasteiger partial charge in [-0.1, -0.05) is 0 Å². The molecule has 1 heterocycles.